The first-order valence-corrected chi connectivity index (χ1v) is 6.92. The van der Waals surface area contributed by atoms with Crippen LogP contribution in [0, 0.1) is 0 Å². The molecule has 0 bridgehead atoms. The van der Waals surface area contributed by atoms with Gasteiger partial charge in [-0.2, -0.15) is 0 Å². The first kappa shape index (κ1) is 14.7. The molecule has 0 radical (unpaired) electrons. The van der Waals surface area contributed by atoms with Crippen molar-refractivity contribution in [2.24, 2.45) is 0 Å². The van der Waals surface area contributed by atoms with E-state index in [2.05, 4.69) is 5.32 Å². The molecule has 5 nitrogen and oxygen atoms in total. The van der Waals surface area contributed by atoms with Gasteiger partial charge in [0.15, 0.2) is 11.5 Å². The van der Waals surface area contributed by atoms with E-state index in [9.17, 15) is 4.79 Å². The first-order valence-electron chi connectivity index (χ1n) is 6.92. The third kappa shape index (κ3) is 3.22. The fraction of sp³-hybridized carbons (Fsp3) is 0.533. The summed E-state index contributed by atoms with van der Waals surface area (Å²) in [6.07, 6.45) is 0.865. The highest BCUT2D eigenvalue weighted by atomic mass is 16.5. The molecule has 1 aromatic carbocycles. The van der Waals surface area contributed by atoms with Crippen molar-refractivity contribution in [2.45, 2.75) is 32.2 Å². The number of carboxylic acids is 1. The van der Waals surface area contributed by atoms with E-state index in [-0.39, 0.29) is 6.42 Å². The van der Waals surface area contributed by atoms with Crippen molar-refractivity contribution in [3.8, 4) is 11.5 Å². The van der Waals surface area contributed by atoms with Gasteiger partial charge in [-0.05, 0) is 31.2 Å². The zero-order chi connectivity index (χ0) is 14.6. The lowest BCUT2D eigenvalue weighted by molar-refractivity contribution is -0.138. The molecule has 1 heterocycles. The average molecular weight is 279 g/mol. The molecule has 0 aliphatic carbocycles. The molecule has 20 heavy (non-hydrogen) atoms. The van der Waals surface area contributed by atoms with Gasteiger partial charge in [0, 0.05) is 6.42 Å². The highest BCUT2D eigenvalue weighted by Crippen LogP contribution is 2.35. The lowest BCUT2D eigenvalue weighted by Crippen LogP contribution is -2.41. The van der Waals surface area contributed by atoms with E-state index < -0.39 is 11.5 Å². The van der Waals surface area contributed by atoms with Gasteiger partial charge < -0.3 is 19.9 Å². The molecule has 110 valence electrons. The van der Waals surface area contributed by atoms with Crippen molar-refractivity contribution >= 4 is 5.97 Å². The fourth-order valence-corrected chi connectivity index (χ4v) is 2.47. The van der Waals surface area contributed by atoms with E-state index in [1.807, 2.05) is 32.0 Å². The normalized spacial score (nSPS) is 17.1. The molecule has 0 saturated heterocycles. The Kier molecular flexibility index (Phi) is 4.49. The van der Waals surface area contributed by atoms with Crippen LogP contribution in [0.25, 0.3) is 0 Å². The van der Waals surface area contributed by atoms with Crippen LogP contribution < -0.4 is 14.8 Å². The number of aliphatic carboxylic acids is 1. The van der Waals surface area contributed by atoms with E-state index >= 15 is 0 Å². The predicted octanol–water partition coefficient (Wildman–Crippen LogP) is 2.15. The summed E-state index contributed by atoms with van der Waals surface area (Å²) in [5.41, 5.74) is 0.275. The second-order valence-electron chi connectivity index (χ2n) is 5.14. The van der Waals surface area contributed by atoms with Gasteiger partial charge in [0.05, 0.1) is 25.2 Å². The number of ether oxygens (including phenoxy) is 2. The van der Waals surface area contributed by atoms with Crippen molar-refractivity contribution in [1.29, 1.82) is 0 Å². The minimum atomic E-state index is -0.833. The lowest BCUT2D eigenvalue weighted by Gasteiger charge is -2.30. The second kappa shape index (κ2) is 6.13. The summed E-state index contributed by atoms with van der Waals surface area (Å²) in [6.45, 7) is 5.81. The van der Waals surface area contributed by atoms with Crippen LogP contribution in [0.1, 0.15) is 32.3 Å². The number of hydrogen-bond donors (Lipinski definition) is 2. The van der Waals surface area contributed by atoms with Crippen LogP contribution in [0.2, 0.25) is 0 Å². The van der Waals surface area contributed by atoms with Gasteiger partial charge in [0.25, 0.3) is 0 Å². The van der Waals surface area contributed by atoms with Crippen molar-refractivity contribution in [3.63, 3.8) is 0 Å². The number of carboxylic acid groups (broad SMARTS) is 1. The van der Waals surface area contributed by atoms with Gasteiger partial charge >= 0.3 is 5.97 Å². The second-order valence-corrected chi connectivity index (χ2v) is 5.14. The Balaban J connectivity index is 2.33. The Bertz CT molecular complexity index is 489. The minimum absolute atomic E-state index is 0.0144. The van der Waals surface area contributed by atoms with E-state index in [1.54, 1.807) is 0 Å². The number of nitrogens with one attached hydrogen (secondary N) is 1. The SMILES string of the molecule is CCNC(C)(CC(=O)O)c1ccc2c(c1)OCCCO2. The van der Waals surface area contributed by atoms with E-state index in [4.69, 9.17) is 14.6 Å². The van der Waals surface area contributed by atoms with Gasteiger partial charge in [-0.25, -0.2) is 0 Å². The summed E-state index contributed by atoms with van der Waals surface area (Å²) in [5, 5.41) is 12.4. The molecule has 2 rings (SSSR count). The van der Waals surface area contributed by atoms with Crippen LogP contribution >= 0.6 is 0 Å². The van der Waals surface area contributed by atoms with E-state index in [0.717, 1.165) is 17.7 Å². The number of fused-ring (bicyclic) bond motifs is 1. The molecule has 1 unspecified atom stereocenters. The summed E-state index contributed by atoms with van der Waals surface area (Å²) in [7, 11) is 0. The molecule has 1 atom stereocenters. The molecule has 0 fully saturated rings. The van der Waals surface area contributed by atoms with Crippen LogP contribution in [0.4, 0.5) is 0 Å². The minimum Gasteiger partial charge on any atom is -0.490 e. The van der Waals surface area contributed by atoms with Gasteiger partial charge in [0.2, 0.25) is 0 Å². The van der Waals surface area contributed by atoms with Crippen LogP contribution in [0.5, 0.6) is 11.5 Å². The molecule has 1 aliphatic heterocycles. The molecular formula is C15H21NO4. The summed E-state index contributed by atoms with van der Waals surface area (Å²) < 4.78 is 11.3. The van der Waals surface area contributed by atoms with Crippen molar-refractivity contribution in [2.75, 3.05) is 19.8 Å². The number of hydrogen-bond acceptors (Lipinski definition) is 4. The summed E-state index contributed by atoms with van der Waals surface area (Å²) in [5.74, 6) is 0.579. The van der Waals surface area contributed by atoms with Crippen molar-refractivity contribution in [1.82, 2.24) is 5.32 Å². The number of carbonyl (C=O) groups is 1. The van der Waals surface area contributed by atoms with Gasteiger partial charge in [-0.1, -0.05) is 13.0 Å². The van der Waals surface area contributed by atoms with E-state index in [1.165, 1.54) is 0 Å². The fourth-order valence-electron chi connectivity index (χ4n) is 2.47. The maximum atomic E-state index is 11.1. The standard InChI is InChI=1S/C15H21NO4/c1-3-16-15(2,10-14(17)18)11-5-6-12-13(9-11)20-8-4-7-19-12/h5-6,9,16H,3-4,7-8,10H2,1-2H3,(H,17,18). The zero-order valence-corrected chi connectivity index (χ0v) is 11.9. The summed E-state index contributed by atoms with van der Waals surface area (Å²) in [4.78, 5) is 11.1. The lowest BCUT2D eigenvalue weighted by atomic mass is 9.88. The molecule has 0 saturated carbocycles. The number of rotatable bonds is 5. The summed E-state index contributed by atoms with van der Waals surface area (Å²) in [6, 6.07) is 5.64. The Hall–Kier alpha value is -1.75. The van der Waals surface area contributed by atoms with Crippen molar-refractivity contribution < 1.29 is 19.4 Å². The topological polar surface area (TPSA) is 67.8 Å². The largest absolute Gasteiger partial charge is 0.490 e. The molecule has 0 amide bonds. The maximum absolute atomic E-state index is 11.1. The van der Waals surface area contributed by atoms with Crippen LogP contribution in [-0.2, 0) is 10.3 Å². The number of benzene rings is 1. The Morgan fingerprint density at radius 1 is 1.35 bits per heavy atom. The van der Waals surface area contributed by atoms with Gasteiger partial charge in [-0.15, -0.1) is 0 Å². The zero-order valence-electron chi connectivity index (χ0n) is 11.9. The molecule has 1 aliphatic rings. The molecule has 0 spiro atoms. The third-order valence-corrected chi connectivity index (χ3v) is 3.46. The molecule has 5 heteroatoms. The molecule has 1 aromatic rings. The average Bonchev–Trinajstić information content (AvgIpc) is 2.62. The summed E-state index contributed by atoms with van der Waals surface area (Å²) >= 11 is 0. The maximum Gasteiger partial charge on any atom is 0.305 e. The van der Waals surface area contributed by atoms with Gasteiger partial charge in [-0.3, -0.25) is 4.79 Å². The van der Waals surface area contributed by atoms with E-state index in [0.29, 0.717) is 25.5 Å². The van der Waals surface area contributed by atoms with Crippen molar-refractivity contribution in [3.05, 3.63) is 23.8 Å². The first-order chi connectivity index (χ1) is 9.55. The molecular weight excluding hydrogens is 258 g/mol. The smallest absolute Gasteiger partial charge is 0.305 e. The Morgan fingerprint density at radius 2 is 2.05 bits per heavy atom. The third-order valence-electron chi connectivity index (χ3n) is 3.46. The van der Waals surface area contributed by atoms with Crippen LogP contribution in [0.15, 0.2) is 18.2 Å². The monoisotopic (exact) mass is 279 g/mol. The molecule has 0 aromatic heterocycles. The predicted molar refractivity (Wildman–Crippen MR) is 75.3 cm³/mol. The quantitative estimate of drug-likeness (QED) is 0.864. The molecule has 2 N–H and O–H groups in total. The van der Waals surface area contributed by atoms with Gasteiger partial charge in [0.1, 0.15) is 0 Å². The highest BCUT2D eigenvalue weighted by molar-refractivity contribution is 5.69. The Morgan fingerprint density at radius 3 is 2.70 bits per heavy atom. The Labute approximate surface area is 118 Å². The highest BCUT2D eigenvalue weighted by Gasteiger charge is 2.29. The van der Waals surface area contributed by atoms with Crippen LogP contribution in [0.3, 0.4) is 0 Å². The van der Waals surface area contributed by atoms with Crippen LogP contribution in [-0.4, -0.2) is 30.8 Å².